The lowest BCUT2D eigenvalue weighted by atomic mass is 10.2. The Kier molecular flexibility index (Phi) is 5.28. The largest absolute Gasteiger partial charge is 0.505 e. The van der Waals surface area contributed by atoms with Crippen LogP contribution in [0, 0.1) is 0 Å². The monoisotopic (exact) mass is 302 g/mol. The minimum absolute atomic E-state index is 0.440. The molecule has 0 radical (unpaired) electrons. The van der Waals surface area contributed by atoms with E-state index in [9.17, 15) is 24.3 Å². The smallest absolute Gasteiger partial charge is 0.379 e. The SMILES string of the molecule is CC(=O)OC[C@H](OC(C)=O)C1OC(=O)C(OC(C)=O)=C1O. The van der Waals surface area contributed by atoms with Gasteiger partial charge in [-0.05, 0) is 0 Å². The summed E-state index contributed by atoms with van der Waals surface area (Å²) in [4.78, 5) is 44.1. The van der Waals surface area contributed by atoms with Gasteiger partial charge in [-0.2, -0.15) is 0 Å². The summed E-state index contributed by atoms with van der Waals surface area (Å²) in [5.41, 5.74) is 0. The van der Waals surface area contributed by atoms with Crippen molar-refractivity contribution in [3.63, 3.8) is 0 Å². The van der Waals surface area contributed by atoms with Crippen LogP contribution in [0.5, 0.6) is 0 Å². The molecule has 2 atom stereocenters. The van der Waals surface area contributed by atoms with E-state index < -0.39 is 54.2 Å². The van der Waals surface area contributed by atoms with Gasteiger partial charge < -0.3 is 24.1 Å². The number of aliphatic hydroxyl groups is 1. The second kappa shape index (κ2) is 6.73. The van der Waals surface area contributed by atoms with Crippen LogP contribution in [0.1, 0.15) is 20.8 Å². The lowest BCUT2D eigenvalue weighted by Crippen LogP contribution is -2.37. The van der Waals surface area contributed by atoms with E-state index in [0.717, 1.165) is 20.8 Å². The summed E-state index contributed by atoms with van der Waals surface area (Å²) in [6.45, 7) is 2.81. The lowest BCUT2D eigenvalue weighted by molar-refractivity contribution is -0.169. The molecule has 21 heavy (non-hydrogen) atoms. The zero-order valence-electron chi connectivity index (χ0n) is 11.6. The standard InChI is InChI=1S/C12H14O9/c1-5(13)18-4-8(19-6(2)14)10-9(16)11(12(17)21-10)20-7(3)15/h8,10,16H,4H2,1-3H3/t8-,10?/m0/s1. The molecule has 0 fully saturated rings. The van der Waals surface area contributed by atoms with Crippen LogP contribution in [-0.2, 0) is 38.1 Å². The van der Waals surface area contributed by atoms with Gasteiger partial charge in [0.2, 0.25) is 6.10 Å². The highest BCUT2D eigenvalue weighted by Gasteiger charge is 2.43. The van der Waals surface area contributed by atoms with Crippen molar-refractivity contribution in [2.45, 2.75) is 33.0 Å². The number of ether oxygens (including phenoxy) is 4. The van der Waals surface area contributed by atoms with E-state index >= 15 is 0 Å². The van der Waals surface area contributed by atoms with E-state index in [4.69, 9.17) is 9.47 Å². The van der Waals surface area contributed by atoms with Crippen LogP contribution in [0.2, 0.25) is 0 Å². The molecule has 0 saturated heterocycles. The van der Waals surface area contributed by atoms with Crippen LogP contribution in [0.25, 0.3) is 0 Å². The summed E-state index contributed by atoms with van der Waals surface area (Å²) in [6.07, 6.45) is -2.68. The third kappa shape index (κ3) is 4.48. The minimum atomic E-state index is -1.42. The third-order valence-electron chi connectivity index (χ3n) is 2.27. The van der Waals surface area contributed by atoms with Crippen molar-refractivity contribution >= 4 is 23.9 Å². The highest BCUT2D eigenvalue weighted by atomic mass is 16.6. The molecule has 0 amide bonds. The van der Waals surface area contributed by atoms with Crippen LogP contribution in [0.3, 0.4) is 0 Å². The quantitative estimate of drug-likeness (QED) is 0.539. The van der Waals surface area contributed by atoms with E-state index in [1.165, 1.54) is 0 Å². The average Bonchev–Trinajstić information content (AvgIpc) is 2.61. The van der Waals surface area contributed by atoms with E-state index in [2.05, 4.69) is 9.47 Å². The van der Waals surface area contributed by atoms with Crippen molar-refractivity contribution < 1.29 is 43.2 Å². The molecular formula is C12H14O9. The Hall–Kier alpha value is -2.58. The van der Waals surface area contributed by atoms with Crippen LogP contribution in [0.15, 0.2) is 11.5 Å². The molecule has 0 spiro atoms. The molecule has 116 valence electrons. The number of carbonyl (C=O) groups is 4. The van der Waals surface area contributed by atoms with Gasteiger partial charge in [0.25, 0.3) is 5.76 Å². The van der Waals surface area contributed by atoms with E-state index in [1.54, 1.807) is 0 Å². The Morgan fingerprint density at radius 2 is 1.81 bits per heavy atom. The fourth-order valence-corrected chi connectivity index (χ4v) is 1.54. The third-order valence-corrected chi connectivity index (χ3v) is 2.27. The molecule has 1 rings (SSSR count). The predicted octanol–water partition coefficient (Wildman–Crippen LogP) is -0.261. The Morgan fingerprint density at radius 3 is 2.29 bits per heavy atom. The number of carbonyl (C=O) groups excluding carboxylic acids is 4. The second-order valence-electron chi connectivity index (χ2n) is 4.08. The maximum Gasteiger partial charge on any atom is 0.379 e. The number of cyclic esters (lactones) is 1. The fraction of sp³-hybridized carbons (Fsp3) is 0.500. The summed E-state index contributed by atoms with van der Waals surface area (Å²) in [7, 11) is 0. The number of rotatable bonds is 5. The number of esters is 4. The van der Waals surface area contributed by atoms with E-state index in [-0.39, 0.29) is 0 Å². The summed E-state index contributed by atoms with van der Waals surface area (Å²) < 4.78 is 18.8. The fourth-order valence-electron chi connectivity index (χ4n) is 1.54. The van der Waals surface area contributed by atoms with Crippen LogP contribution in [-0.4, -0.2) is 47.8 Å². The average molecular weight is 302 g/mol. The first-order chi connectivity index (χ1) is 9.72. The van der Waals surface area contributed by atoms with E-state index in [0.29, 0.717) is 0 Å². The first-order valence-electron chi connectivity index (χ1n) is 5.85. The first-order valence-corrected chi connectivity index (χ1v) is 5.85. The van der Waals surface area contributed by atoms with Crippen molar-refractivity contribution in [2.24, 2.45) is 0 Å². The molecule has 0 saturated carbocycles. The van der Waals surface area contributed by atoms with Gasteiger partial charge in [-0.3, -0.25) is 14.4 Å². The highest BCUT2D eigenvalue weighted by molar-refractivity contribution is 5.92. The summed E-state index contributed by atoms with van der Waals surface area (Å²) in [5.74, 6) is -4.72. The van der Waals surface area contributed by atoms with Crippen molar-refractivity contribution in [3.05, 3.63) is 11.5 Å². The van der Waals surface area contributed by atoms with Gasteiger partial charge in [-0.1, -0.05) is 0 Å². The number of aliphatic hydroxyl groups excluding tert-OH is 1. The van der Waals surface area contributed by atoms with Gasteiger partial charge in [0.15, 0.2) is 11.9 Å². The second-order valence-corrected chi connectivity index (χ2v) is 4.08. The van der Waals surface area contributed by atoms with Crippen molar-refractivity contribution in [1.29, 1.82) is 0 Å². The normalized spacial score (nSPS) is 18.8. The maximum absolute atomic E-state index is 11.5. The zero-order chi connectivity index (χ0) is 16.2. The minimum Gasteiger partial charge on any atom is -0.505 e. The predicted molar refractivity (Wildman–Crippen MR) is 63.5 cm³/mol. The Labute approximate surface area is 119 Å². The molecular weight excluding hydrogens is 288 g/mol. The summed E-state index contributed by atoms with van der Waals surface area (Å²) in [6, 6.07) is 0. The molecule has 0 aliphatic carbocycles. The Bertz CT molecular complexity index is 505. The Balaban J connectivity index is 2.94. The summed E-state index contributed by atoms with van der Waals surface area (Å²) >= 11 is 0. The molecule has 1 N–H and O–H groups in total. The van der Waals surface area contributed by atoms with Gasteiger partial charge in [-0.15, -0.1) is 0 Å². The highest BCUT2D eigenvalue weighted by Crippen LogP contribution is 2.26. The van der Waals surface area contributed by atoms with Crippen LogP contribution < -0.4 is 0 Å². The molecule has 9 heteroatoms. The molecule has 1 aliphatic rings. The van der Waals surface area contributed by atoms with Gasteiger partial charge in [0.05, 0.1) is 0 Å². The zero-order valence-corrected chi connectivity index (χ0v) is 11.6. The van der Waals surface area contributed by atoms with Crippen LogP contribution in [0.4, 0.5) is 0 Å². The van der Waals surface area contributed by atoms with Crippen molar-refractivity contribution in [3.8, 4) is 0 Å². The molecule has 1 unspecified atom stereocenters. The lowest BCUT2D eigenvalue weighted by Gasteiger charge is -2.21. The molecule has 9 nitrogen and oxygen atoms in total. The molecule has 0 aromatic heterocycles. The molecule has 0 bridgehead atoms. The first kappa shape index (κ1) is 16.5. The van der Waals surface area contributed by atoms with Gasteiger partial charge in [0, 0.05) is 20.8 Å². The molecule has 0 aromatic rings. The number of hydrogen-bond donors (Lipinski definition) is 1. The van der Waals surface area contributed by atoms with Gasteiger partial charge in [0.1, 0.15) is 6.61 Å². The topological polar surface area (TPSA) is 125 Å². The van der Waals surface area contributed by atoms with Crippen molar-refractivity contribution in [2.75, 3.05) is 6.61 Å². The van der Waals surface area contributed by atoms with Crippen molar-refractivity contribution in [1.82, 2.24) is 0 Å². The maximum atomic E-state index is 11.5. The van der Waals surface area contributed by atoms with E-state index in [1.807, 2.05) is 0 Å². The van der Waals surface area contributed by atoms with Gasteiger partial charge >= 0.3 is 23.9 Å². The van der Waals surface area contributed by atoms with Gasteiger partial charge in [-0.25, -0.2) is 4.79 Å². The Morgan fingerprint density at radius 1 is 1.19 bits per heavy atom. The molecule has 1 aliphatic heterocycles. The van der Waals surface area contributed by atoms with Crippen LogP contribution >= 0.6 is 0 Å². The summed E-state index contributed by atoms with van der Waals surface area (Å²) in [5, 5.41) is 9.84. The molecule has 1 heterocycles. The number of hydrogen-bond acceptors (Lipinski definition) is 9. The molecule has 0 aromatic carbocycles.